The molecule has 0 aliphatic carbocycles. The highest BCUT2D eigenvalue weighted by molar-refractivity contribution is 8.02. The first-order valence-electron chi connectivity index (χ1n) is 5.39. The molecule has 0 saturated carbocycles. The van der Waals surface area contributed by atoms with Crippen LogP contribution in [0.2, 0.25) is 0 Å². The number of carbonyl (C=O) groups excluding carboxylic acids is 1. The van der Waals surface area contributed by atoms with Crippen LogP contribution in [-0.2, 0) is 4.79 Å². The van der Waals surface area contributed by atoms with Crippen LogP contribution in [0.4, 0.5) is 4.39 Å². The number of nitriles is 1. The summed E-state index contributed by atoms with van der Waals surface area (Å²) in [6.45, 7) is 0. The molecule has 1 aromatic rings. The third-order valence-corrected chi connectivity index (χ3v) is 3.56. The zero-order valence-corrected chi connectivity index (χ0v) is 10.6. The summed E-state index contributed by atoms with van der Waals surface area (Å²) in [5.74, 6) is -0.730. The van der Waals surface area contributed by atoms with Crippen molar-refractivity contribution in [1.29, 1.82) is 5.26 Å². The molecule has 18 heavy (non-hydrogen) atoms. The Balaban J connectivity index is 2.45. The zero-order chi connectivity index (χ0) is 13.1. The van der Waals surface area contributed by atoms with Crippen LogP contribution in [-0.4, -0.2) is 12.2 Å². The highest BCUT2D eigenvalue weighted by atomic mass is 32.2. The molecule has 0 bridgehead atoms. The van der Waals surface area contributed by atoms with Crippen molar-refractivity contribution in [1.82, 2.24) is 5.32 Å². The molecule has 3 nitrogen and oxygen atoms in total. The highest BCUT2D eigenvalue weighted by Gasteiger charge is 2.28. The molecule has 5 heteroatoms. The van der Waals surface area contributed by atoms with Gasteiger partial charge in [0, 0.05) is 12.3 Å². The van der Waals surface area contributed by atoms with Crippen molar-refractivity contribution in [2.75, 3.05) is 6.26 Å². The van der Waals surface area contributed by atoms with Gasteiger partial charge in [-0.15, -0.1) is 11.8 Å². The van der Waals surface area contributed by atoms with E-state index in [0.29, 0.717) is 10.6 Å². The van der Waals surface area contributed by atoms with E-state index in [1.54, 1.807) is 18.4 Å². The van der Waals surface area contributed by atoms with Crippen LogP contribution < -0.4 is 5.32 Å². The van der Waals surface area contributed by atoms with Crippen LogP contribution in [0.25, 0.3) is 0 Å². The normalized spacial score (nSPS) is 19.4. The van der Waals surface area contributed by atoms with Gasteiger partial charge in [-0.05, 0) is 24.0 Å². The number of amides is 1. The van der Waals surface area contributed by atoms with Gasteiger partial charge in [-0.3, -0.25) is 4.79 Å². The minimum atomic E-state index is -0.327. The lowest BCUT2D eigenvalue weighted by atomic mass is 9.87. The van der Waals surface area contributed by atoms with E-state index in [9.17, 15) is 14.4 Å². The van der Waals surface area contributed by atoms with Gasteiger partial charge in [0.1, 0.15) is 5.82 Å². The van der Waals surface area contributed by atoms with Gasteiger partial charge in [-0.2, -0.15) is 5.26 Å². The third-order valence-electron chi connectivity index (χ3n) is 2.83. The third kappa shape index (κ3) is 2.39. The van der Waals surface area contributed by atoms with E-state index in [2.05, 4.69) is 11.4 Å². The summed E-state index contributed by atoms with van der Waals surface area (Å²) in [6.07, 6.45) is 2.03. The van der Waals surface area contributed by atoms with Gasteiger partial charge in [-0.1, -0.05) is 12.1 Å². The van der Waals surface area contributed by atoms with E-state index in [1.807, 2.05) is 0 Å². The molecule has 1 amide bonds. The van der Waals surface area contributed by atoms with Gasteiger partial charge in [0.2, 0.25) is 5.91 Å². The summed E-state index contributed by atoms with van der Waals surface area (Å²) in [6, 6.07) is 8.06. The van der Waals surface area contributed by atoms with Gasteiger partial charge >= 0.3 is 0 Å². The van der Waals surface area contributed by atoms with Crippen LogP contribution >= 0.6 is 11.8 Å². The molecule has 1 aromatic carbocycles. The Hall–Kier alpha value is -1.80. The molecular weight excluding hydrogens is 251 g/mol. The standard InChI is InChI=1S/C13H11FN2OS/c1-18-13-11(7-15)10(6-12(17)16-13)8-2-4-9(14)5-3-8/h2-5,10H,6H2,1H3,(H,16,17)/t10-/m1/s1. The average Bonchev–Trinajstić information content (AvgIpc) is 2.38. The molecular formula is C13H11FN2OS. The van der Waals surface area contributed by atoms with Crippen LogP contribution in [0.5, 0.6) is 0 Å². The van der Waals surface area contributed by atoms with Crippen LogP contribution in [0, 0.1) is 17.1 Å². The van der Waals surface area contributed by atoms with E-state index in [1.165, 1.54) is 23.9 Å². The number of carbonyl (C=O) groups is 1. The summed E-state index contributed by atoms with van der Waals surface area (Å²) in [4.78, 5) is 11.6. The number of benzene rings is 1. The summed E-state index contributed by atoms with van der Waals surface area (Å²) in [7, 11) is 0. The minimum absolute atomic E-state index is 0.118. The number of thioether (sulfide) groups is 1. The molecule has 1 aliphatic heterocycles. The Morgan fingerprint density at radius 1 is 1.44 bits per heavy atom. The van der Waals surface area contributed by atoms with E-state index >= 15 is 0 Å². The molecule has 0 aromatic heterocycles. The Kier molecular flexibility index (Phi) is 3.68. The quantitative estimate of drug-likeness (QED) is 0.891. The number of hydrogen-bond donors (Lipinski definition) is 1. The molecule has 1 atom stereocenters. The van der Waals surface area contributed by atoms with E-state index in [0.717, 1.165) is 5.56 Å². The second-order valence-electron chi connectivity index (χ2n) is 3.92. The molecule has 0 radical (unpaired) electrons. The summed E-state index contributed by atoms with van der Waals surface area (Å²) < 4.78 is 12.9. The predicted molar refractivity (Wildman–Crippen MR) is 68.1 cm³/mol. The van der Waals surface area contributed by atoms with Gasteiger partial charge in [0.25, 0.3) is 0 Å². The van der Waals surface area contributed by atoms with Crippen molar-refractivity contribution >= 4 is 17.7 Å². The van der Waals surface area contributed by atoms with Crippen LogP contribution in [0.1, 0.15) is 17.9 Å². The highest BCUT2D eigenvalue weighted by Crippen LogP contribution is 2.34. The van der Waals surface area contributed by atoms with Crippen molar-refractivity contribution in [2.24, 2.45) is 0 Å². The molecule has 0 fully saturated rings. The number of halogens is 1. The van der Waals surface area contributed by atoms with E-state index < -0.39 is 0 Å². The average molecular weight is 262 g/mol. The Bertz CT molecular complexity index is 545. The van der Waals surface area contributed by atoms with Crippen molar-refractivity contribution in [3.63, 3.8) is 0 Å². The summed E-state index contributed by atoms with van der Waals surface area (Å²) >= 11 is 1.33. The fourth-order valence-electron chi connectivity index (χ4n) is 1.96. The van der Waals surface area contributed by atoms with Gasteiger partial charge in [0.15, 0.2) is 0 Å². The van der Waals surface area contributed by atoms with Crippen LogP contribution in [0.15, 0.2) is 34.9 Å². The predicted octanol–water partition coefficient (Wildman–Crippen LogP) is 2.53. The maximum atomic E-state index is 12.9. The minimum Gasteiger partial charge on any atom is -0.320 e. The first kappa shape index (κ1) is 12.7. The molecule has 2 rings (SSSR count). The fraction of sp³-hybridized carbons (Fsp3) is 0.231. The molecule has 1 aliphatic rings. The summed E-state index contributed by atoms with van der Waals surface area (Å²) in [5, 5.41) is 12.5. The number of nitrogens with zero attached hydrogens (tertiary/aromatic N) is 1. The summed E-state index contributed by atoms with van der Waals surface area (Å²) in [5.41, 5.74) is 1.32. The largest absolute Gasteiger partial charge is 0.320 e. The Labute approximate surface area is 109 Å². The fourth-order valence-corrected chi connectivity index (χ4v) is 2.58. The SMILES string of the molecule is CSC1=C(C#N)[C@@H](c2ccc(F)cc2)CC(=O)N1. The number of nitrogens with one attached hydrogen (secondary N) is 1. The number of hydrogen-bond acceptors (Lipinski definition) is 3. The van der Waals surface area contributed by atoms with Gasteiger partial charge in [0.05, 0.1) is 16.7 Å². The Morgan fingerprint density at radius 2 is 2.11 bits per heavy atom. The number of rotatable bonds is 2. The second-order valence-corrected chi connectivity index (χ2v) is 4.73. The molecule has 0 spiro atoms. The van der Waals surface area contributed by atoms with Gasteiger partial charge in [-0.25, -0.2) is 4.39 Å². The lowest BCUT2D eigenvalue weighted by Crippen LogP contribution is -2.30. The maximum Gasteiger partial charge on any atom is 0.225 e. The van der Waals surface area contributed by atoms with Gasteiger partial charge < -0.3 is 5.32 Å². The first-order chi connectivity index (χ1) is 8.65. The lowest BCUT2D eigenvalue weighted by molar-refractivity contribution is -0.120. The zero-order valence-electron chi connectivity index (χ0n) is 9.74. The molecule has 1 heterocycles. The first-order valence-corrected chi connectivity index (χ1v) is 6.61. The second kappa shape index (κ2) is 5.23. The number of allylic oxidation sites excluding steroid dienone is 1. The smallest absolute Gasteiger partial charge is 0.225 e. The molecule has 92 valence electrons. The van der Waals surface area contributed by atoms with Crippen molar-refractivity contribution in [2.45, 2.75) is 12.3 Å². The molecule has 1 N–H and O–H groups in total. The van der Waals surface area contributed by atoms with Crippen LogP contribution in [0.3, 0.4) is 0 Å². The van der Waals surface area contributed by atoms with Crippen molar-refractivity contribution in [3.8, 4) is 6.07 Å². The monoisotopic (exact) mass is 262 g/mol. The Morgan fingerprint density at radius 3 is 2.67 bits per heavy atom. The van der Waals surface area contributed by atoms with E-state index in [-0.39, 0.29) is 24.1 Å². The van der Waals surface area contributed by atoms with Crippen molar-refractivity contribution in [3.05, 3.63) is 46.2 Å². The van der Waals surface area contributed by atoms with E-state index in [4.69, 9.17) is 0 Å². The molecule has 0 unspecified atom stereocenters. The topological polar surface area (TPSA) is 52.9 Å². The molecule has 0 saturated heterocycles. The van der Waals surface area contributed by atoms with Crippen molar-refractivity contribution < 1.29 is 9.18 Å². The maximum absolute atomic E-state index is 12.9. The lowest BCUT2D eigenvalue weighted by Gasteiger charge is -2.24.